The van der Waals surface area contributed by atoms with Gasteiger partial charge in [0.1, 0.15) is 11.2 Å². The molecule has 0 bridgehead atoms. The predicted octanol–water partition coefficient (Wildman–Crippen LogP) is 15.5. The molecule has 1 aromatic heterocycles. The minimum absolute atomic E-state index is 0.241. The highest BCUT2D eigenvalue weighted by atomic mass is 16.3. The van der Waals surface area contributed by atoms with Crippen LogP contribution in [0.15, 0.2) is 205 Å². The van der Waals surface area contributed by atoms with Crippen LogP contribution >= 0.6 is 0 Å². The van der Waals surface area contributed by atoms with Crippen LogP contribution in [-0.2, 0) is 5.41 Å². The zero-order valence-electron chi connectivity index (χ0n) is 31.9. The second kappa shape index (κ2) is 13.0. The third-order valence-electron chi connectivity index (χ3n) is 12.1. The maximum absolute atomic E-state index is 6.49. The number of rotatable bonds is 6. The second-order valence-electron chi connectivity index (χ2n) is 15.7. The molecule has 0 N–H and O–H groups in total. The summed E-state index contributed by atoms with van der Waals surface area (Å²) in [7, 11) is 0. The number of furan rings is 1. The van der Waals surface area contributed by atoms with Gasteiger partial charge in [-0.2, -0.15) is 0 Å². The molecular formula is C55H39NO. The van der Waals surface area contributed by atoms with Crippen molar-refractivity contribution in [2.75, 3.05) is 4.90 Å². The molecule has 9 aromatic carbocycles. The van der Waals surface area contributed by atoms with E-state index < -0.39 is 0 Å². The summed E-state index contributed by atoms with van der Waals surface area (Å²) in [6, 6.07) is 72.7. The molecule has 270 valence electrons. The maximum Gasteiger partial charge on any atom is 0.143 e. The topological polar surface area (TPSA) is 16.4 Å². The SMILES string of the molecule is CC1(C)c2cc(-c3cccc4c3oc3ccccc34)ccc2-c2ccc(N(c3ccc(-c4ccccc4)cc3)c3cc(-c4ccccc4)cc4ccccc34)cc21. The highest BCUT2D eigenvalue weighted by Crippen LogP contribution is 2.52. The zero-order valence-corrected chi connectivity index (χ0v) is 31.9. The Balaban J connectivity index is 1.07. The van der Waals surface area contributed by atoms with E-state index in [4.69, 9.17) is 4.42 Å². The third kappa shape index (κ3) is 5.40. The molecule has 1 aliphatic carbocycles. The van der Waals surface area contributed by atoms with Crippen molar-refractivity contribution < 1.29 is 4.42 Å². The number of fused-ring (bicyclic) bond motifs is 7. The molecular weight excluding hydrogens is 691 g/mol. The van der Waals surface area contributed by atoms with E-state index in [1.54, 1.807) is 0 Å². The molecule has 57 heavy (non-hydrogen) atoms. The van der Waals surface area contributed by atoms with Crippen molar-refractivity contribution >= 4 is 49.8 Å². The molecule has 0 saturated heterocycles. The number of para-hydroxylation sites is 2. The molecule has 0 aliphatic heterocycles. The molecule has 0 saturated carbocycles. The Hall–Kier alpha value is -7.16. The van der Waals surface area contributed by atoms with Gasteiger partial charge in [-0.25, -0.2) is 0 Å². The van der Waals surface area contributed by atoms with Gasteiger partial charge >= 0.3 is 0 Å². The third-order valence-corrected chi connectivity index (χ3v) is 12.1. The molecule has 0 fully saturated rings. The number of anilines is 3. The van der Waals surface area contributed by atoms with Gasteiger partial charge in [-0.15, -0.1) is 0 Å². The van der Waals surface area contributed by atoms with Gasteiger partial charge in [-0.3, -0.25) is 0 Å². The average molecular weight is 730 g/mol. The fraction of sp³-hybridized carbons (Fsp3) is 0.0545. The quantitative estimate of drug-likeness (QED) is 0.169. The fourth-order valence-electron chi connectivity index (χ4n) is 9.14. The van der Waals surface area contributed by atoms with Crippen LogP contribution in [-0.4, -0.2) is 0 Å². The first-order valence-electron chi connectivity index (χ1n) is 19.8. The Morgan fingerprint density at radius 3 is 1.74 bits per heavy atom. The molecule has 2 nitrogen and oxygen atoms in total. The van der Waals surface area contributed by atoms with E-state index in [1.807, 2.05) is 6.07 Å². The lowest BCUT2D eigenvalue weighted by Gasteiger charge is -2.30. The Morgan fingerprint density at radius 2 is 0.965 bits per heavy atom. The van der Waals surface area contributed by atoms with Gasteiger partial charge in [-0.05, 0) is 104 Å². The van der Waals surface area contributed by atoms with Gasteiger partial charge in [0.05, 0.1) is 5.69 Å². The summed E-state index contributed by atoms with van der Waals surface area (Å²) in [5, 5.41) is 4.71. The van der Waals surface area contributed by atoms with E-state index in [-0.39, 0.29) is 5.41 Å². The fourth-order valence-corrected chi connectivity index (χ4v) is 9.14. The number of nitrogens with zero attached hydrogens (tertiary/aromatic N) is 1. The number of benzene rings is 9. The summed E-state index contributed by atoms with van der Waals surface area (Å²) in [6.07, 6.45) is 0. The first-order valence-corrected chi connectivity index (χ1v) is 19.8. The van der Waals surface area contributed by atoms with Crippen LogP contribution in [0, 0.1) is 0 Å². The molecule has 0 atom stereocenters. The largest absolute Gasteiger partial charge is 0.455 e. The van der Waals surface area contributed by atoms with Crippen LogP contribution in [0.3, 0.4) is 0 Å². The normalized spacial score (nSPS) is 12.9. The van der Waals surface area contributed by atoms with Gasteiger partial charge < -0.3 is 9.32 Å². The highest BCUT2D eigenvalue weighted by molar-refractivity contribution is 6.10. The molecule has 10 aromatic rings. The first-order chi connectivity index (χ1) is 28.0. The van der Waals surface area contributed by atoms with Gasteiger partial charge in [0.15, 0.2) is 0 Å². The number of hydrogen-bond acceptors (Lipinski definition) is 2. The highest BCUT2D eigenvalue weighted by Gasteiger charge is 2.36. The van der Waals surface area contributed by atoms with Crippen LogP contribution in [0.2, 0.25) is 0 Å². The van der Waals surface area contributed by atoms with E-state index in [9.17, 15) is 0 Å². The smallest absolute Gasteiger partial charge is 0.143 e. The monoisotopic (exact) mass is 729 g/mol. The van der Waals surface area contributed by atoms with Gasteiger partial charge in [0.2, 0.25) is 0 Å². The maximum atomic E-state index is 6.49. The van der Waals surface area contributed by atoms with Crippen molar-refractivity contribution in [2.24, 2.45) is 0 Å². The summed E-state index contributed by atoms with van der Waals surface area (Å²) in [6.45, 7) is 4.74. The summed E-state index contributed by atoms with van der Waals surface area (Å²) < 4.78 is 6.49. The van der Waals surface area contributed by atoms with Gasteiger partial charge in [-0.1, -0.05) is 166 Å². The van der Waals surface area contributed by atoms with E-state index in [0.29, 0.717) is 0 Å². The molecule has 0 amide bonds. The molecule has 2 heteroatoms. The zero-order chi connectivity index (χ0) is 38.1. The average Bonchev–Trinajstić information content (AvgIpc) is 3.76. The second-order valence-corrected chi connectivity index (χ2v) is 15.7. The first kappa shape index (κ1) is 33.2. The minimum Gasteiger partial charge on any atom is -0.455 e. The van der Waals surface area contributed by atoms with Crippen LogP contribution < -0.4 is 4.90 Å². The predicted molar refractivity (Wildman–Crippen MR) is 240 cm³/mol. The summed E-state index contributed by atoms with van der Waals surface area (Å²) in [5.41, 5.74) is 17.3. The van der Waals surface area contributed by atoms with Crippen molar-refractivity contribution in [1.82, 2.24) is 0 Å². The van der Waals surface area contributed by atoms with E-state index in [2.05, 4.69) is 213 Å². The number of hydrogen-bond donors (Lipinski definition) is 0. The molecule has 11 rings (SSSR count). The van der Waals surface area contributed by atoms with Crippen molar-refractivity contribution in [3.05, 3.63) is 211 Å². The van der Waals surface area contributed by atoms with Crippen molar-refractivity contribution in [1.29, 1.82) is 0 Å². The molecule has 1 aliphatic rings. The van der Waals surface area contributed by atoms with E-state index in [1.165, 1.54) is 60.8 Å². The lowest BCUT2D eigenvalue weighted by atomic mass is 9.81. The standard InChI is InChI=1S/C55H39NO/c1-55(2)50-33-40(45-21-13-22-49-48-20-11-12-23-53(48)57-54(45)49)26-30-46(50)47-31-29-43(35-51(47)55)56(42-27-24-38(25-28-42)36-14-5-3-6-15-36)52-34-41(37-16-7-4-8-17-37)32-39-18-9-10-19-44(39)52/h3-35H,1-2H3. The Kier molecular flexibility index (Phi) is 7.55. The van der Waals surface area contributed by atoms with Crippen LogP contribution in [0.1, 0.15) is 25.0 Å². The van der Waals surface area contributed by atoms with E-state index in [0.717, 1.165) is 44.6 Å². The Labute approximate surface area is 332 Å². The van der Waals surface area contributed by atoms with Crippen molar-refractivity contribution in [3.63, 3.8) is 0 Å². The van der Waals surface area contributed by atoms with Crippen LogP contribution in [0.5, 0.6) is 0 Å². The Morgan fingerprint density at radius 1 is 0.386 bits per heavy atom. The lowest BCUT2D eigenvalue weighted by molar-refractivity contribution is 0.660. The van der Waals surface area contributed by atoms with Crippen LogP contribution in [0.25, 0.3) is 77.2 Å². The van der Waals surface area contributed by atoms with E-state index >= 15 is 0 Å². The Bertz CT molecular complexity index is 3140. The molecule has 0 unspecified atom stereocenters. The molecule has 0 spiro atoms. The van der Waals surface area contributed by atoms with Crippen molar-refractivity contribution in [2.45, 2.75) is 19.3 Å². The molecule has 1 heterocycles. The van der Waals surface area contributed by atoms with Crippen molar-refractivity contribution in [3.8, 4) is 44.5 Å². The van der Waals surface area contributed by atoms with Gasteiger partial charge in [0, 0.05) is 38.5 Å². The summed E-state index contributed by atoms with van der Waals surface area (Å²) in [5.74, 6) is 0. The summed E-state index contributed by atoms with van der Waals surface area (Å²) in [4.78, 5) is 2.45. The lowest BCUT2D eigenvalue weighted by Crippen LogP contribution is -2.17. The molecule has 0 radical (unpaired) electrons. The van der Waals surface area contributed by atoms with Crippen LogP contribution in [0.4, 0.5) is 17.1 Å². The van der Waals surface area contributed by atoms with Gasteiger partial charge in [0.25, 0.3) is 0 Å². The summed E-state index contributed by atoms with van der Waals surface area (Å²) >= 11 is 0. The minimum atomic E-state index is -0.241.